The third-order valence-electron chi connectivity index (χ3n) is 2.56. The van der Waals surface area contributed by atoms with E-state index in [1.165, 1.54) is 11.3 Å². The number of thiophene rings is 1. The van der Waals surface area contributed by atoms with Gasteiger partial charge in [-0.3, -0.25) is 4.79 Å². The van der Waals surface area contributed by atoms with E-state index in [4.69, 9.17) is 10.8 Å². The Hall–Kier alpha value is -1.66. The first-order valence-electron chi connectivity index (χ1n) is 5.69. The molecule has 1 unspecified atom stereocenters. The van der Waals surface area contributed by atoms with Gasteiger partial charge in [0, 0.05) is 18.1 Å². The van der Waals surface area contributed by atoms with Gasteiger partial charge in [-0.15, -0.1) is 11.3 Å². The fraction of sp³-hybridized carbons (Fsp3) is 0.333. The topological polar surface area (TPSA) is 88.2 Å². The van der Waals surface area contributed by atoms with E-state index < -0.39 is 6.10 Å². The molecule has 18 heavy (non-hydrogen) atoms. The Balaban J connectivity index is 2.15. The quantitative estimate of drug-likeness (QED) is 0.779. The lowest BCUT2D eigenvalue weighted by molar-refractivity contribution is 0.0950. The normalized spacial score (nSPS) is 12.6. The number of aliphatic hydroxyl groups is 1. The van der Waals surface area contributed by atoms with Gasteiger partial charge in [0.2, 0.25) is 0 Å². The van der Waals surface area contributed by atoms with Crippen LogP contribution in [0.5, 0.6) is 0 Å². The number of rotatable bonds is 4. The summed E-state index contributed by atoms with van der Waals surface area (Å²) in [6.45, 7) is 2.11. The number of fused-ring (bicyclic) bond motifs is 1. The van der Waals surface area contributed by atoms with E-state index in [1.54, 1.807) is 19.2 Å². The number of nitrogens with zero attached hydrogens (tertiary/aromatic N) is 1. The zero-order valence-corrected chi connectivity index (χ0v) is 10.8. The van der Waals surface area contributed by atoms with Crippen molar-refractivity contribution >= 4 is 33.1 Å². The predicted octanol–water partition coefficient (Wildman–Crippen LogP) is 1.38. The van der Waals surface area contributed by atoms with Crippen LogP contribution >= 0.6 is 11.3 Å². The number of aromatic nitrogens is 1. The van der Waals surface area contributed by atoms with E-state index in [1.807, 2.05) is 6.07 Å². The molecule has 6 heteroatoms. The van der Waals surface area contributed by atoms with Crippen molar-refractivity contribution in [2.45, 2.75) is 19.4 Å². The fourth-order valence-corrected chi connectivity index (χ4v) is 2.57. The molecule has 4 N–H and O–H groups in total. The van der Waals surface area contributed by atoms with E-state index in [9.17, 15) is 4.79 Å². The molecular formula is C12H15N3O2S. The van der Waals surface area contributed by atoms with Crippen molar-refractivity contribution in [3.63, 3.8) is 0 Å². The molecule has 0 saturated carbocycles. The van der Waals surface area contributed by atoms with Gasteiger partial charge in [-0.25, -0.2) is 4.98 Å². The van der Waals surface area contributed by atoms with Crippen molar-refractivity contribution in [1.82, 2.24) is 10.3 Å². The Morgan fingerprint density at radius 2 is 2.44 bits per heavy atom. The number of hydrogen-bond donors (Lipinski definition) is 3. The highest BCUT2D eigenvalue weighted by Gasteiger charge is 2.16. The Bertz CT molecular complexity index is 565. The molecule has 0 bridgehead atoms. The number of amides is 1. The van der Waals surface area contributed by atoms with Crippen LogP contribution in [-0.2, 0) is 0 Å². The van der Waals surface area contributed by atoms with Crippen LogP contribution in [0.4, 0.5) is 5.69 Å². The van der Waals surface area contributed by atoms with Crippen LogP contribution in [0.2, 0.25) is 0 Å². The van der Waals surface area contributed by atoms with Crippen molar-refractivity contribution < 1.29 is 9.90 Å². The van der Waals surface area contributed by atoms with Crippen LogP contribution in [0, 0.1) is 0 Å². The lowest BCUT2D eigenvalue weighted by Gasteiger charge is -2.05. The summed E-state index contributed by atoms with van der Waals surface area (Å²) in [5.41, 5.74) is 6.40. The number of aliphatic hydroxyl groups excluding tert-OH is 1. The molecule has 2 rings (SSSR count). The van der Waals surface area contributed by atoms with Crippen molar-refractivity contribution in [2.24, 2.45) is 0 Å². The highest BCUT2D eigenvalue weighted by atomic mass is 32.1. The molecule has 0 aliphatic carbocycles. The van der Waals surface area contributed by atoms with Crippen LogP contribution in [0.1, 0.15) is 23.0 Å². The Labute approximate surface area is 109 Å². The van der Waals surface area contributed by atoms with Crippen LogP contribution in [0.15, 0.2) is 18.3 Å². The summed E-state index contributed by atoms with van der Waals surface area (Å²) in [4.78, 5) is 17.3. The van der Waals surface area contributed by atoms with Crippen LogP contribution in [-0.4, -0.2) is 28.6 Å². The Morgan fingerprint density at radius 1 is 1.67 bits per heavy atom. The molecule has 2 heterocycles. The Morgan fingerprint density at radius 3 is 3.11 bits per heavy atom. The summed E-state index contributed by atoms with van der Waals surface area (Å²) in [6, 6.07) is 3.64. The lowest BCUT2D eigenvalue weighted by Crippen LogP contribution is -2.26. The molecule has 0 aromatic carbocycles. The molecule has 2 aromatic heterocycles. The minimum atomic E-state index is -0.424. The van der Waals surface area contributed by atoms with Gasteiger partial charge in [0.25, 0.3) is 5.91 Å². The van der Waals surface area contributed by atoms with Gasteiger partial charge < -0.3 is 16.2 Å². The summed E-state index contributed by atoms with van der Waals surface area (Å²) in [6.07, 6.45) is 1.77. The van der Waals surface area contributed by atoms with Gasteiger partial charge >= 0.3 is 0 Å². The summed E-state index contributed by atoms with van der Waals surface area (Å²) >= 11 is 1.28. The molecule has 1 atom stereocenters. The second-order valence-electron chi connectivity index (χ2n) is 4.09. The van der Waals surface area contributed by atoms with Gasteiger partial charge in [0.05, 0.1) is 11.8 Å². The highest BCUT2D eigenvalue weighted by molar-refractivity contribution is 7.21. The Kier molecular flexibility index (Phi) is 3.78. The number of hydrogen-bond acceptors (Lipinski definition) is 5. The average Bonchev–Trinajstić information content (AvgIpc) is 2.67. The molecule has 0 spiro atoms. The number of carbonyl (C=O) groups is 1. The molecule has 0 saturated heterocycles. The van der Waals surface area contributed by atoms with Crippen LogP contribution < -0.4 is 11.1 Å². The smallest absolute Gasteiger partial charge is 0.263 e. The van der Waals surface area contributed by atoms with E-state index in [0.29, 0.717) is 23.5 Å². The summed E-state index contributed by atoms with van der Waals surface area (Å²) in [7, 11) is 0. The minimum Gasteiger partial charge on any atom is -0.397 e. The molecule has 0 aliphatic rings. The summed E-state index contributed by atoms with van der Waals surface area (Å²) < 4.78 is 0. The fourth-order valence-electron chi connectivity index (χ4n) is 1.59. The number of nitrogens with two attached hydrogens (primary N) is 1. The number of anilines is 1. The largest absolute Gasteiger partial charge is 0.397 e. The standard InChI is InChI=1S/C12H15N3O2S/c1-7(16)4-6-14-11(17)10-9(13)8-3-2-5-15-12(8)18-10/h2-3,5,7,16H,4,6,13H2,1H3,(H,14,17). The van der Waals surface area contributed by atoms with Gasteiger partial charge in [-0.2, -0.15) is 0 Å². The molecule has 2 aromatic rings. The van der Waals surface area contributed by atoms with Gasteiger partial charge in [-0.05, 0) is 25.5 Å². The maximum absolute atomic E-state index is 11.9. The number of nitrogens with one attached hydrogen (secondary N) is 1. The maximum Gasteiger partial charge on any atom is 0.263 e. The average molecular weight is 265 g/mol. The monoisotopic (exact) mass is 265 g/mol. The van der Waals surface area contributed by atoms with Crippen molar-refractivity contribution in [3.8, 4) is 0 Å². The van der Waals surface area contributed by atoms with E-state index >= 15 is 0 Å². The molecule has 0 fully saturated rings. The molecule has 0 radical (unpaired) electrons. The van der Waals surface area contributed by atoms with E-state index in [2.05, 4.69) is 10.3 Å². The number of nitrogen functional groups attached to an aromatic ring is 1. The van der Waals surface area contributed by atoms with Crippen LogP contribution in [0.3, 0.4) is 0 Å². The van der Waals surface area contributed by atoms with E-state index in [0.717, 1.165) is 10.2 Å². The third kappa shape index (κ3) is 2.60. The molecule has 5 nitrogen and oxygen atoms in total. The zero-order chi connectivity index (χ0) is 13.1. The first-order valence-corrected chi connectivity index (χ1v) is 6.50. The second-order valence-corrected chi connectivity index (χ2v) is 5.09. The zero-order valence-electron chi connectivity index (χ0n) is 10.0. The second kappa shape index (κ2) is 5.32. The minimum absolute atomic E-state index is 0.212. The first kappa shape index (κ1) is 12.8. The number of carbonyl (C=O) groups excluding carboxylic acids is 1. The van der Waals surface area contributed by atoms with Crippen LogP contribution in [0.25, 0.3) is 10.2 Å². The van der Waals surface area contributed by atoms with Gasteiger partial charge in [0.1, 0.15) is 9.71 Å². The molecular weight excluding hydrogens is 250 g/mol. The van der Waals surface area contributed by atoms with Gasteiger partial charge in [0.15, 0.2) is 0 Å². The molecule has 96 valence electrons. The SMILES string of the molecule is CC(O)CCNC(=O)c1sc2ncccc2c1N. The highest BCUT2D eigenvalue weighted by Crippen LogP contribution is 2.31. The van der Waals surface area contributed by atoms with Gasteiger partial charge in [-0.1, -0.05) is 0 Å². The summed E-state index contributed by atoms with van der Waals surface area (Å²) in [5.74, 6) is -0.212. The molecule has 1 amide bonds. The van der Waals surface area contributed by atoms with Crippen molar-refractivity contribution in [3.05, 3.63) is 23.2 Å². The lowest BCUT2D eigenvalue weighted by atomic mass is 10.2. The number of pyridine rings is 1. The maximum atomic E-state index is 11.9. The predicted molar refractivity (Wildman–Crippen MR) is 72.7 cm³/mol. The first-order chi connectivity index (χ1) is 8.59. The summed E-state index contributed by atoms with van der Waals surface area (Å²) in [5, 5.41) is 12.7. The van der Waals surface area contributed by atoms with Crippen molar-refractivity contribution in [1.29, 1.82) is 0 Å². The van der Waals surface area contributed by atoms with Crippen molar-refractivity contribution in [2.75, 3.05) is 12.3 Å². The third-order valence-corrected chi connectivity index (χ3v) is 3.69. The molecule has 0 aliphatic heterocycles. The van der Waals surface area contributed by atoms with E-state index in [-0.39, 0.29) is 5.91 Å².